The summed E-state index contributed by atoms with van der Waals surface area (Å²) in [5, 5.41) is 0. The van der Waals surface area contributed by atoms with Gasteiger partial charge in [0.2, 0.25) is 10.0 Å². The molecule has 24 heavy (non-hydrogen) atoms. The number of ether oxygens (including phenoxy) is 1. The first-order valence-electron chi connectivity index (χ1n) is 8.27. The van der Waals surface area contributed by atoms with Crippen LogP contribution in [0.4, 0.5) is 0 Å². The molecule has 2 fully saturated rings. The molecule has 1 spiro atoms. The predicted octanol–water partition coefficient (Wildman–Crippen LogP) is 1.73. The van der Waals surface area contributed by atoms with Crippen LogP contribution < -0.4 is 4.74 Å². The first kappa shape index (κ1) is 17.2. The molecule has 0 aliphatic carbocycles. The number of hydrogen-bond acceptors (Lipinski definition) is 4. The Balaban J connectivity index is 1.81. The largest absolute Gasteiger partial charge is 0.497 e. The molecule has 132 valence electrons. The summed E-state index contributed by atoms with van der Waals surface area (Å²) in [7, 11) is -1.67. The monoisotopic (exact) mass is 352 g/mol. The summed E-state index contributed by atoms with van der Waals surface area (Å²) in [6.45, 7) is 1.71. The Morgan fingerprint density at radius 1 is 1.12 bits per heavy atom. The summed E-state index contributed by atoms with van der Waals surface area (Å²) in [5.41, 5.74) is 0.185. The van der Waals surface area contributed by atoms with Crippen LogP contribution >= 0.6 is 0 Å². The molecule has 7 heteroatoms. The highest BCUT2D eigenvalue weighted by atomic mass is 32.2. The average Bonchev–Trinajstić information content (AvgIpc) is 2.97. The van der Waals surface area contributed by atoms with Crippen molar-refractivity contribution in [1.29, 1.82) is 0 Å². The molecule has 0 saturated carbocycles. The Labute approximate surface area is 143 Å². The number of methoxy groups -OCH3 is 1. The molecule has 0 N–H and O–H groups in total. The minimum absolute atomic E-state index is 0.0444. The van der Waals surface area contributed by atoms with E-state index >= 15 is 0 Å². The van der Waals surface area contributed by atoms with Gasteiger partial charge >= 0.3 is 0 Å². The molecule has 0 radical (unpaired) electrons. The zero-order valence-electron chi connectivity index (χ0n) is 14.2. The van der Waals surface area contributed by atoms with Crippen LogP contribution in [0.1, 0.15) is 36.0 Å². The van der Waals surface area contributed by atoms with Crippen LogP contribution in [0.2, 0.25) is 0 Å². The van der Waals surface area contributed by atoms with E-state index < -0.39 is 15.6 Å². The van der Waals surface area contributed by atoms with E-state index in [9.17, 15) is 13.2 Å². The molecule has 1 aromatic carbocycles. The second-order valence-electron chi connectivity index (χ2n) is 6.72. The van der Waals surface area contributed by atoms with Crippen molar-refractivity contribution in [3.63, 3.8) is 0 Å². The molecule has 2 heterocycles. The van der Waals surface area contributed by atoms with Crippen molar-refractivity contribution in [3.05, 3.63) is 29.8 Å². The van der Waals surface area contributed by atoms with Gasteiger partial charge in [0.15, 0.2) is 0 Å². The van der Waals surface area contributed by atoms with Crippen molar-refractivity contribution < 1.29 is 17.9 Å². The van der Waals surface area contributed by atoms with Crippen LogP contribution in [0, 0.1) is 0 Å². The lowest BCUT2D eigenvalue weighted by atomic mass is 9.87. The molecule has 2 saturated heterocycles. The predicted molar refractivity (Wildman–Crippen MR) is 91.6 cm³/mol. The normalized spacial score (nSPS) is 25.2. The first-order chi connectivity index (χ1) is 11.4. The van der Waals surface area contributed by atoms with Crippen LogP contribution in [0.3, 0.4) is 0 Å². The van der Waals surface area contributed by atoms with Crippen LogP contribution in [0.5, 0.6) is 5.75 Å². The average molecular weight is 352 g/mol. The smallest absolute Gasteiger partial charge is 0.253 e. The molecule has 2 aliphatic rings. The van der Waals surface area contributed by atoms with Crippen LogP contribution in [0.25, 0.3) is 0 Å². The van der Waals surface area contributed by atoms with Gasteiger partial charge < -0.3 is 9.64 Å². The van der Waals surface area contributed by atoms with Gasteiger partial charge in [-0.2, -0.15) is 4.31 Å². The van der Waals surface area contributed by atoms with E-state index in [0.717, 1.165) is 25.7 Å². The second kappa shape index (κ2) is 6.37. The SMILES string of the molecule is COc1ccc(C(=O)N2CCC[C@]3(CCCN3S(C)(=O)=O)C2)cc1. The third kappa shape index (κ3) is 3.15. The first-order valence-corrected chi connectivity index (χ1v) is 10.1. The molecule has 0 bridgehead atoms. The Morgan fingerprint density at radius 2 is 1.75 bits per heavy atom. The zero-order valence-corrected chi connectivity index (χ0v) is 15.0. The number of sulfonamides is 1. The lowest BCUT2D eigenvalue weighted by molar-refractivity contribution is 0.0524. The molecule has 0 unspecified atom stereocenters. The number of likely N-dealkylation sites (tertiary alicyclic amines) is 1. The summed E-state index contributed by atoms with van der Waals surface area (Å²) >= 11 is 0. The highest BCUT2D eigenvalue weighted by molar-refractivity contribution is 7.88. The molecule has 1 amide bonds. The maximum absolute atomic E-state index is 12.8. The molecular weight excluding hydrogens is 328 g/mol. The van der Waals surface area contributed by atoms with Crippen molar-refractivity contribution in [3.8, 4) is 5.75 Å². The van der Waals surface area contributed by atoms with E-state index in [4.69, 9.17) is 4.74 Å². The van der Waals surface area contributed by atoms with Gasteiger partial charge in [-0.15, -0.1) is 0 Å². The molecule has 2 aliphatic heterocycles. The topological polar surface area (TPSA) is 66.9 Å². The molecule has 1 atom stereocenters. The van der Waals surface area contributed by atoms with E-state index in [2.05, 4.69) is 0 Å². The summed E-state index contributed by atoms with van der Waals surface area (Å²) in [6, 6.07) is 7.05. The van der Waals surface area contributed by atoms with Crippen LogP contribution in [-0.2, 0) is 10.0 Å². The Morgan fingerprint density at radius 3 is 2.33 bits per heavy atom. The number of carbonyl (C=O) groups is 1. The summed E-state index contributed by atoms with van der Waals surface area (Å²) in [6.07, 6.45) is 4.61. The third-order valence-electron chi connectivity index (χ3n) is 5.11. The van der Waals surface area contributed by atoms with Crippen molar-refractivity contribution >= 4 is 15.9 Å². The highest BCUT2D eigenvalue weighted by Gasteiger charge is 2.48. The number of amides is 1. The van der Waals surface area contributed by atoms with Crippen LogP contribution in [0.15, 0.2) is 24.3 Å². The van der Waals surface area contributed by atoms with Crippen molar-refractivity contribution in [1.82, 2.24) is 9.21 Å². The van der Waals surface area contributed by atoms with Crippen molar-refractivity contribution in [2.75, 3.05) is 33.0 Å². The fourth-order valence-electron chi connectivity index (χ4n) is 4.04. The van der Waals surface area contributed by atoms with Gasteiger partial charge in [0.25, 0.3) is 5.91 Å². The fourth-order valence-corrected chi connectivity index (χ4v) is 5.45. The Bertz CT molecular complexity index is 717. The van der Waals surface area contributed by atoms with Gasteiger partial charge in [0.1, 0.15) is 5.75 Å². The highest BCUT2D eigenvalue weighted by Crippen LogP contribution is 2.39. The standard InChI is InChI=1S/C17H24N2O4S/c1-23-15-7-5-14(6-8-15)16(20)18-11-3-9-17(13-18)10-4-12-19(17)24(2,21)22/h5-8H,3-4,9-13H2,1-2H3/t17-/m0/s1. The molecule has 0 aromatic heterocycles. The number of benzene rings is 1. The summed E-state index contributed by atoms with van der Waals surface area (Å²) in [4.78, 5) is 14.6. The number of rotatable bonds is 3. The Kier molecular flexibility index (Phi) is 4.57. The van der Waals surface area contributed by atoms with Gasteiger partial charge in [-0.05, 0) is 49.9 Å². The molecule has 6 nitrogen and oxygen atoms in total. The minimum Gasteiger partial charge on any atom is -0.497 e. The van der Waals surface area contributed by atoms with Crippen LogP contribution in [-0.4, -0.2) is 62.1 Å². The number of hydrogen-bond donors (Lipinski definition) is 0. The molecule has 1 aromatic rings. The fraction of sp³-hybridized carbons (Fsp3) is 0.588. The van der Waals surface area contributed by atoms with Crippen molar-refractivity contribution in [2.24, 2.45) is 0 Å². The number of carbonyl (C=O) groups excluding carboxylic acids is 1. The van der Waals surface area contributed by atoms with E-state index in [1.165, 1.54) is 6.26 Å². The maximum Gasteiger partial charge on any atom is 0.253 e. The molecular formula is C17H24N2O4S. The number of piperidine rings is 1. The summed E-state index contributed by atoms with van der Waals surface area (Å²) < 4.78 is 31.0. The van der Waals surface area contributed by atoms with Gasteiger partial charge in [-0.1, -0.05) is 0 Å². The second-order valence-corrected chi connectivity index (χ2v) is 8.63. The van der Waals surface area contributed by atoms with E-state index in [-0.39, 0.29) is 5.91 Å². The zero-order chi connectivity index (χ0) is 17.4. The van der Waals surface area contributed by atoms with E-state index in [0.29, 0.717) is 30.9 Å². The lowest BCUT2D eigenvalue weighted by Gasteiger charge is -2.44. The van der Waals surface area contributed by atoms with E-state index in [1.807, 2.05) is 0 Å². The van der Waals surface area contributed by atoms with Gasteiger partial charge in [-0.3, -0.25) is 4.79 Å². The Hall–Kier alpha value is -1.60. The quantitative estimate of drug-likeness (QED) is 0.831. The third-order valence-corrected chi connectivity index (χ3v) is 6.48. The van der Waals surface area contributed by atoms with Gasteiger partial charge in [-0.25, -0.2) is 8.42 Å². The van der Waals surface area contributed by atoms with E-state index in [1.54, 1.807) is 40.6 Å². The van der Waals surface area contributed by atoms with Gasteiger partial charge in [0, 0.05) is 25.2 Å². The minimum atomic E-state index is -3.25. The van der Waals surface area contributed by atoms with Crippen molar-refractivity contribution in [2.45, 2.75) is 31.2 Å². The maximum atomic E-state index is 12.8. The molecule has 3 rings (SSSR count). The summed E-state index contributed by atoms with van der Waals surface area (Å²) in [5.74, 6) is 0.665. The number of nitrogens with zero attached hydrogens (tertiary/aromatic N) is 2. The lowest BCUT2D eigenvalue weighted by Crippen LogP contribution is -2.58. The van der Waals surface area contributed by atoms with Gasteiger partial charge in [0.05, 0.1) is 18.9 Å².